The van der Waals surface area contributed by atoms with E-state index in [1.807, 2.05) is 0 Å². The summed E-state index contributed by atoms with van der Waals surface area (Å²) in [6.45, 7) is 11.5. The molecule has 1 heterocycles. The van der Waals surface area contributed by atoms with Gasteiger partial charge in [-0.1, -0.05) is 45.0 Å². The Kier molecular flexibility index (Phi) is 5.41. The third-order valence-corrected chi connectivity index (χ3v) is 4.35. The first kappa shape index (κ1) is 14.5. The van der Waals surface area contributed by atoms with Crippen molar-refractivity contribution in [3.05, 3.63) is 35.4 Å². The van der Waals surface area contributed by atoms with E-state index in [1.54, 1.807) is 0 Å². The molecule has 0 spiro atoms. The lowest BCUT2D eigenvalue weighted by atomic mass is 9.93. The van der Waals surface area contributed by atoms with E-state index in [9.17, 15) is 0 Å². The number of hydrogen-bond donors (Lipinski definition) is 1. The zero-order chi connectivity index (χ0) is 13.7. The normalized spacial score (nSPS) is 24.6. The third-order valence-electron chi connectivity index (χ3n) is 4.35. The van der Waals surface area contributed by atoms with Gasteiger partial charge in [0.1, 0.15) is 0 Å². The summed E-state index contributed by atoms with van der Waals surface area (Å²) in [5.74, 6) is 0.752. The van der Waals surface area contributed by atoms with Crippen molar-refractivity contribution < 1.29 is 0 Å². The standard InChI is InChI=1S/C17H28N2/c1-4-15-8-6-7-9-16(15)13-19-11-10-17(18-5-2)14(3)12-19/h6-9,14,17-18H,4-5,10-13H2,1-3H3. The SMILES string of the molecule is CCNC1CCN(Cc2ccccc2CC)CC1C. The molecule has 1 aromatic carbocycles. The van der Waals surface area contributed by atoms with Gasteiger partial charge >= 0.3 is 0 Å². The van der Waals surface area contributed by atoms with Crippen LogP contribution in [0.4, 0.5) is 0 Å². The van der Waals surface area contributed by atoms with Gasteiger partial charge in [-0.3, -0.25) is 4.90 Å². The summed E-state index contributed by atoms with van der Waals surface area (Å²) in [7, 11) is 0. The minimum Gasteiger partial charge on any atom is -0.314 e. The second kappa shape index (κ2) is 7.06. The second-order valence-corrected chi connectivity index (χ2v) is 5.79. The zero-order valence-electron chi connectivity index (χ0n) is 12.7. The Labute approximate surface area is 118 Å². The van der Waals surface area contributed by atoms with Gasteiger partial charge in [0.05, 0.1) is 0 Å². The topological polar surface area (TPSA) is 15.3 Å². The first-order valence-electron chi connectivity index (χ1n) is 7.77. The number of nitrogens with zero attached hydrogens (tertiary/aromatic N) is 1. The van der Waals surface area contributed by atoms with Crippen LogP contribution in [0.25, 0.3) is 0 Å². The number of nitrogens with one attached hydrogen (secondary N) is 1. The van der Waals surface area contributed by atoms with E-state index in [1.165, 1.54) is 30.6 Å². The molecule has 2 nitrogen and oxygen atoms in total. The van der Waals surface area contributed by atoms with Gasteiger partial charge in [-0.15, -0.1) is 0 Å². The van der Waals surface area contributed by atoms with Crippen molar-refractivity contribution in [1.29, 1.82) is 0 Å². The maximum Gasteiger partial charge on any atom is 0.0236 e. The summed E-state index contributed by atoms with van der Waals surface area (Å²) in [6, 6.07) is 9.60. The molecule has 1 aromatic rings. The maximum absolute atomic E-state index is 3.61. The van der Waals surface area contributed by atoms with Crippen LogP contribution in [0.3, 0.4) is 0 Å². The molecule has 0 radical (unpaired) electrons. The molecule has 0 saturated carbocycles. The predicted octanol–water partition coefficient (Wildman–Crippen LogP) is 3.07. The molecule has 2 unspecified atom stereocenters. The van der Waals surface area contributed by atoms with Crippen molar-refractivity contribution in [3.8, 4) is 0 Å². The summed E-state index contributed by atoms with van der Waals surface area (Å²) in [5, 5.41) is 3.61. The zero-order valence-corrected chi connectivity index (χ0v) is 12.7. The number of aryl methyl sites for hydroxylation is 1. The molecule has 1 saturated heterocycles. The summed E-state index contributed by atoms with van der Waals surface area (Å²) in [6.07, 6.45) is 2.42. The Morgan fingerprint density at radius 1 is 1.21 bits per heavy atom. The van der Waals surface area contributed by atoms with Crippen LogP contribution in [-0.4, -0.2) is 30.6 Å². The third kappa shape index (κ3) is 3.80. The molecule has 0 amide bonds. The Bertz CT molecular complexity index is 389. The molecule has 0 aliphatic carbocycles. The lowest BCUT2D eigenvalue weighted by Gasteiger charge is -2.37. The molecule has 0 bridgehead atoms. The highest BCUT2D eigenvalue weighted by Gasteiger charge is 2.25. The minimum atomic E-state index is 0.711. The lowest BCUT2D eigenvalue weighted by molar-refractivity contribution is 0.142. The Morgan fingerprint density at radius 2 is 1.95 bits per heavy atom. The van der Waals surface area contributed by atoms with E-state index in [-0.39, 0.29) is 0 Å². The van der Waals surface area contributed by atoms with Crippen molar-refractivity contribution in [2.75, 3.05) is 19.6 Å². The number of piperidine rings is 1. The Hall–Kier alpha value is -0.860. The van der Waals surface area contributed by atoms with Gasteiger partial charge in [0.2, 0.25) is 0 Å². The largest absolute Gasteiger partial charge is 0.314 e. The second-order valence-electron chi connectivity index (χ2n) is 5.79. The fourth-order valence-electron chi connectivity index (χ4n) is 3.24. The minimum absolute atomic E-state index is 0.711. The monoisotopic (exact) mass is 260 g/mol. The molecule has 1 fully saturated rings. The van der Waals surface area contributed by atoms with Crippen molar-refractivity contribution in [1.82, 2.24) is 10.2 Å². The highest BCUT2D eigenvalue weighted by atomic mass is 15.1. The van der Waals surface area contributed by atoms with E-state index in [0.717, 1.165) is 25.4 Å². The Morgan fingerprint density at radius 3 is 2.58 bits per heavy atom. The van der Waals surface area contributed by atoms with Crippen LogP contribution in [0.15, 0.2) is 24.3 Å². The molecule has 2 atom stereocenters. The van der Waals surface area contributed by atoms with E-state index in [2.05, 4.69) is 55.3 Å². The van der Waals surface area contributed by atoms with Crippen LogP contribution in [0, 0.1) is 5.92 Å². The van der Waals surface area contributed by atoms with E-state index >= 15 is 0 Å². The summed E-state index contributed by atoms with van der Waals surface area (Å²) in [4.78, 5) is 2.62. The lowest BCUT2D eigenvalue weighted by Crippen LogP contribution is -2.47. The number of hydrogen-bond acceptors (Lipinski definition) is 2. The number of likely N-dealkylation sites (tertiary alicyclic amines) is 1. The van der Waals surface area contributed by atoms with Crippen LogP contribution in [-0.2, 0) is 13.0 Å². The molecular formula is C17H28N2. The molecule has 1 aliphatic rings. The molecular weight excluding hydrogens is 232 g/mol. The first-order valence-corrected chi connectivity index (χ1v) is 7.77. The summed E-state index contributed by atoms with van der Waals surface area (Å²) in [5.41, 5.74) is 3.02. The van der Waals surface area contributed by atoms with Crippen molar-refractivity contribution >= 4 is 0 Å². The van der Waals surface area contributed by atoms with Gasteiger partial charge in [-0.25, -0.2) is 0 Å². The van der Waals surface area contributed by atoms with Crippen LogP contribution >= 0.6 is 0 Å². The molecule has 2 rings (SSSR count). The number of rotatable bonds is 5. The van der Waals surface area contributed by atoms with Gasteiger partial charge in [0, 0.05) is 19.1 Å². The first-order chi connectivity index (χ1) is 9.24. The summed E-state index contributed by atoms with van der Waals surface area (Å²) < 4.78 is 0. The Balaban J connectivity index is 1.94. The van der Waals surface area contributed by atoms with Gasteiger partial charge < -0.3 is 5.32 Å². The van der Waals surface area contributed by atoms with Crippen LogP contribution in [0.5, 0.6) is 0 Å². The maximum atomic E-state index is 3.61. The fraction of sp³-hybridized carbons (Fsp3) is 0.647. The van der Waals surface area contributed by atoms with E-state index in [4.69, 9.17) is 0 Å². The fourth-order valence-corrected chi connectivity index (χ4v) is 3.24. The highest BCUT2D eigenvalue weighted by molar-refractivity contribution is 5.27. The quantitative estimate of drug-likeness (QED) is 0.875. The molecule has 1 N–H and O–H groups in total. The molecule has 0 aromatic heterocycles. The number of benzene rings is 1. The van der Waals surface area contributed by atoms with Crippen molar-refractivity contribution in [3.63, 3.8) is 0 Å². The van der Waals surface area contributed by atoms with Gasteiger partial charge in [0.15, 0.2) is 0 Å². The summed E-state index contributed by atoms with van der Waals surface area (Å²) >= 11 is 0. The smallest absolute Gasteiger partial charge is 0.0236 e. The van der Waals surface area contributed by atoms with Gasteiger partial charge in [0.25, 0.3) is 0 Å². The van der Waals surface area contributed by atoms with Crippen LogP contribution < -0.4 is 5.32 Å². The molecule has 2 heteroatoms. The predicted molar refractivity (Wildman–Crippen MR) is 82.3 cm³/mol. The van der Waals surface area contributed by atoms with E-state index < -0.39 is 0 Å². The average molecular weight is 260 g/mol. The van der Waals surface area contributed by atoms with Crippen LogP contribution in [0.2, 0.25) is 0 Å². The van der Waals surface area contributed by atoms with Gasteiger partial charge in [-0.05, 0) is 43.0 Å². The molecule has 106 valence electrons. The highest BCUT2D eigenvalue weighted by Crippen LogP contribution is 2.20. The molecule has 19 heavy (non-hydrogen) atoms. The van der Waals surface area contributed by atoms with E-state index in [0.29, 0.717) is 6.04 Å². The van der Waals surface area contributed by atoms with Crippen molar-refractivity contribution in [2.24, 2.45) is 5.92 Å². The average Bonchev–Trinajstić information content (AvgIpc) is 2.43. The van der Waals surface area contributed by atoms with Gasteiger partial charge in [-0.2, -0.15) is 0 Å². The van der Waals surface area contributed by atoms with Crippen molar-refractivity contribution in [2.45, 2.75) is 46.2 Å². The molecule has 1 aliphatic heterocycles. The van der Waals surface area contributed by atoms with Crippen LogP contribution in [0.1, 0.15) is 38.3 Å².